The number of ether oxygens (including phenoxy) is 2. The van der Waals surface area contributed by atoms with Crippen LogP contribution in [0.4, 0.5) is 22.2 Å². The standard InChI is InChI=1S/C18H22N6O4/c1-3-28-18(26)24-10-8-23(9-11-24)17-21-15(12-19-22-17)20-14-7-5-4-6-13(14)16(25)27-2/h4-7,12H,3,8-11H2,1-2H3,(H,20,21,22). The van der Waals surface area contributed by atoms with E-state index in [4.69, 9.17) is 9.47 Å². The number of amides is 1. The van der Waals surface area contributed by atoms with Gasteiger partial charge in [-0.05, 0) is 19.1 Å². The van der Waals surface area contributed by atoms with Crippen LogP contribution in [-0.2, 0) is 9.47 Å². The number of aromatic nitrogens is 3. The monoisotopic (exact) mass is 386 g/mol. The number of carbonyl (C=O) groups is 2. The average Bonchev–Trinajstić information content (AvgIpc) is 2.74. The Morgan fingerprint density at radius 3 is 2.64 bits per heavy atom. The number of rotatable bonds is 5. The van der Waals surface area contributed by atoms with Gasteiger partial charge >= 0.3 is 12.1 Å². The SMILES string of the molecule is CCOC(=O)N1CCN(c2nncc(Nc3ccccc3C(=O)OC)n2)CC1. The normalized spacial score (nSPS) is 13.8. The second-order valence-electron chi connectivity index (χ2n) is 5.98. The van der Waals surface area contributed by atoms with Gasteiger partial charge in [0.2, 0.25) is 5.95 Å². The van der Waals surface area contributed by atoms with Crippen molar-refractivity contribution in [1.82, 2.24) is 20.1 Å². The van der Waals surface area contributed by atoms with Crippen molar-refractivity contribution in [1.29, 1.82) is 0 Å². The maximum Gasteiger partial charge on any atom is 0.409 e. The first-order valence-corrected chi connectivity index (χ1v) is 8.93. The molecule has 1 N–H and O–H groups in total. The molecule has 10 nitrogen and oxygen atoms in total. The highest BCUT2D eigenvalue weighted by atomic mass is 16.6. The second-order valence-corrected chi connectivity index (χ2v) is 5.98. The van der Waals surface area contributed by atoms with Crippen molar-refractivity contribution >= 4 is 29.5 Å². The summed E-state index contributed by atoms with van der Waals surface area (Å²) in [6.45, 7) is 4.32. The van der Waals surface area contributed by atoms with Gasteiger partial charge in [-0.1, -0.05) is 12.1 Å². The summed E-state index contributed by atoms with van der Waals surface area (Å²) < 4.78 is 9.83. The topological polar surface area (TPSA) is 110 Å². The Bertz CT molecular complexity index is 838. The van der Waals surface area contributed by atoms with E-state index in [1.165, 1.54) is 13.3 Å². The second kappa shape index (κ2) is 8.98. The summed E-state index contributed by atoms with van der Waals surface area (Å²) >= 11 is 0. The summed E-state index contributed by atoms with van der Waals surface area (Å²) in [5.41, 5.74) is 0.959. The van der Waals surface area contributed by atoms with E-state index in [0.29, 0.717) is 55.8 Å². The number of hydrogen-bond acceptors (Lipinski definition) is 9. The number of piperazine rings is 1. The molecule has 2 aromatic rings. The molecule has 0 radical (unpaired) electrons. The van der Waals surface area contributed by atoms with E-state index < -0.39 is 5.97 Å². The Hall–Kier alpha value is -3.43. The molecule has 1 aromatic carbocycles. The Morgan fingerprint density at radius 2 is 1.93 bits per heavy atom. The molecule has 1 saturated heterocycles. The van der Waals surface area contributed by atoms with E-state index in [2.05, 4.69) is 20.5 Å². The van der Waals surface area contributed by atoms with Crippen molar-refractivity contribution in [2.75, 3.05) is 50.1 Å². The molecule has 0 aliphatic carbocycles. The van der Waals surface area contributed by atoms with Crippen molar-refractivity contribution in [3.63, 3.8) is 0 Å². The highest BCUT2D eigenvalue weighted by Gasteiger charge is 2.24. The number of esters is 1. The molecule has 148 valence electrons. The molecule has 1 aliphatic rings. The largest absolute Gasteiger partial charge is 0.465 e. The van der Waals surface area contributed by atoms with Gasteiger partial charge in [-0.15, -0.1) is 5.10 Å². The van der Waals surface area contributed by atoms with E-state index in [1.807, 2.05) is 4.90 Å². The third kappa shape index (κ3) is 4.45. The smallest absolute Gasteiger partial charge is 0.409 e. The highest BCUT2D eigenvalue weighted by molar-refractivity contribution is 5.96. The Morgan fingerprint density at radius 1 is 1.18 bits per heavy atom. The maximum atomic E-state index is 11.9. The highest BCUT2D eigenvalue weighted by Crippen LogP contribution is 2.21. The Balaban J connectivity index is 1.69. The summed E-state index contributed by atoms with van der Waals surface area (Å²) in [6, 6.07) is 6.98. The quantitative estimate of drug-likeness (QED) is 0.767. The zero-order chi connectivity index (χ0) is 19.9. The van der Waals surface area contributed by atoms with Gasteiger partial charge in [0.25, 0.3) is 0 Å². The molecule has 2 heterocycles. The van der Waals surface area contributed by atoms with Gasteiger partial charge in [-0.25, -0.2) is 9.59 Å². The van der Waals surface area contributed by atoms with Crippen LogP contribution in [0.2, 0.25) is 0 Å². The Labute approximate surface area is 162 Å². The maximum absolute atomic E-state index is 11.9. The van der Waals surface area contributed by atoms with Crippen molar-refractivity contribution in [2.45, 2.75) is 6.92 Å². The van der Waals surface area contributed by atoms with Crippen LogP contribution in [0.25, 0.3) is 0 Å². The third-order valence-electron chi connectivity index (χ3n) is 4.23. The van der Waals surface area contributed by atoms with Crippen LogP contribution in [0.1, 0.15) is 17.3 Å². The van der Waals surface area contributed by atoms with Crippen LogP contribution < -0.4 is 10.2 Å². The lowest BCUT2D eigenvalue weighted by Crippen LogP contribution is -2.49. The van der Waals surface area contributed by atoms with Gasteiger partial charge < -0.3 is 24.6 Å². The summed E-state index contributed by atoms with van der Waals surface area (Å²) in [4.78, 5) is 31.8. The minimum Gasteiger partial charge on any atom is -0.465 e. The number of hydrogen-bond donors (Lipinski definition) is 1. The molecule has 1 amide bonds. The number of nitrogens with one attached hydrogen (secondary N) is 1. The predicted octanol–water partition coefficient (Wildman–Crippen LogP) is 1.68. The van der Waals surface area contributed by atoms with E-state index in [0.717, 1.165) is 0 Å². The van der Waals surface area contributed by atoms with Crippen LogP contribution in [0, 0.1) is 0 Å². The first kappa shape index (κ1) is 19.3. The van der Waals surface area contributed by atoms with Gasteiger partial charge in [0, 0.05) is 26.2 Å². The van der Waals surface area contributed by atoms with Crippen molar-refractivity contribution < 1.29 is 19.1 Å². The van der Waals surface area contributed by atoms with Gasteiger partial charge in [-0.2, -0.15) is 10.1 Å². The molecule has 1 aromatic heterocycles. The Kier molecular flexibility index (Phi) is 6.20. The van der Waals surface area contributed by atoms with Gasteiger partial charge in [0.1, 0.15) is 0 Å². The molecule has 0 atom stereocenters. The summed E-state index contributed by atoms with van der Waals surface area (Å²) in [5, 5.41) is 11.2. The molecule has 3 rings (SSSR count). The van der Waals surface area contributed by atoms with Crippen molar-refractivity contribution in [3.8, 4) is 0 Å². The molecule has 1 fully saturated rings. The fraction of sp³-hybridized carbons (Fsp3) is 0.389. The van der Waals surface area contributed by atoms with E-state index >= 15 is 0 Å². The van der Waals surface area contributed by atoms with Gasteiger partial charge in [0.05, 0.1) is 31.2 Å². The molecule has 28 heavy (non-hydrogen) atoms. The minimum absolute atomic E-state index is 0.309. The number of nitrogens with zero attached hydrogens (tertiary/aromatic N) is 5. The van der Waals surface area contributed by atoms with Gasteiger partial charge in [0.15, 0.2) is 5.82 Å². The average molecular weight is 386 g/mol. The number of para-hydroxylation sites is 1. The van der Waals surface area contributed by atoms with Crippen LogP contribution in [0.3, 0.4) is 0 Å². The number of methoxy groups -OCH3 is 1. The van der Waals surface area contributed by atoms with Crippen LogP contribution in [-0.4, -0.2) is 72.0 Å². The van der Waals surface area contributed by atoms with Crippen LogP contribution in [0.5, 0.6) is 0 Å². The summed E-state index contributed by atoms with van der Waals surface area (Å²) in [5.74, 6) is 0.457. The van der Waals surface area contributed by atoms with E-state index in [1.54, 1.807) is 36.1 Å². The van der Waals surface area contributed by atoms with Crippen molar-refractivity contribution in [3.05, 3.63) is 36.0 Å². The fourth-order valence-electron chi connectivity index (χ4n) is 2.81. The fourth-order valence-corrected chi connectivity index (χ4v) is 2.81. The molecule has 0 spiro atoms. The molecule has 0 bridgehead atoms. The molecule has 0 unspecified atom stereocenters. The lowest BCUT2D eigenvalue weighted by Gasteiger charge is -2.33. The lowest BCUT2D eigenvalue weighted by molar-refractivity contribution is 0.0601. The molecular weight excluding hydrogens is 364 g/mol. The number of benzene rings is 1. The first-order chi connectivity index (χ1) is 13.6. The van der Waals surface area contributed by atoms with E-state index in [9.17, 15) is 9.59 Å². The van der Waals surface area contributed by atoms with E-state index in [-0.39, 0.29) is 6.09 Å². The molecule has 1 aliphatic heterocycles. The molecule has 0 saturated carbocycles. The van der Waals surface area contributed by atoms with Crippen LogP contribution >= 0.6 is 0 Å². The number of carbonyl (C=O) groups excluding carboxylic acids is 2. The molecule has 10 heteroatoms. The predicted molar refractivity (Wildman–Crippen MR) is 102 cm³/mol. The lowest BCUT2D eigenvalue weighted by atomic mass is 10.2. The first-order valence-electron chi connectivity index (χ1n) is 8.93. The summed E-state index contributed by atoms with van der Waals surface area (Å²) in [6.07, 6.45) is 1.17. The summed E-state index contributed by atoms with van der Waals surface area (Å²) in [7, 11) is 1.33. The zero-order valence-electron chi connectivity index (χ0n) is 15.8. The van der Waals surface area contributed by atoms with Crippen LogP contribution in [0.15, 0.2) is 30.5 Å². The molecular formula is C18H22N6O4. The number of anilines is 3. The zero-order valence-corrected chi connectivity index (χ0v) is 15.8. The van der Waals surface area contributed by atoms with Gasteiger partial charge in [-0.3, -0.25) is 0 Å². The third-order valence-corrected chi connectivity index (χ3v) is 4.23. The minimum atomic E-state index is -0.444. The van der Waals surface area contributed by atoms with Crippen molar-refractivity contribution in [2.24, 2.45) is 0 Å².